The number of hydrogen-bond acceptors (Lipinski definition) is 3. The summed E-state index contributed by atoms with van der Waals surface area (Å²) in [5, 5.41) is 12.8. The smallest absolute Gasteiger partial charge is 0.133 e. The highest BCUT2D eigenvalue weighted by atomic mass is 79.9. The fraction of sp³-hybridized carbons (Fsp3) is 0.455. The van der Waals surface area contributed by atoms with Crippen molar-refractivity contribution in [3.8, 4) is 5.75 Å². The largest absolute Gasteiger partial charge is 0.496 e. The molecule has 0 bridgehead atoms. The summed E-state index contributed by atoms with van der Waals surface area (Å²) in [6.07, 6.45) is -0.504. The number of hydrogen-bond donors (Lipinski definition) is 2. The highest BCUT2D eigenvalue weighted by Gasteiger charge is 2.11. The molecule has 0 aromatic heterocycles. The Bertz CT molecular complexity index is 342. The van der Waals surface area contributed by atoms with E-state index < -0.39 is 6.10 Å². The van der Waals surface area contributed by atoms with Crippen LogP contribution in [0.25, 0.3) is 0 Å². The highest BCUT2D eigenvalue weighted by Crippen LogP contribution is 2.31. The lowest BCUT2D eigenvalue weighted by molar-refractivity contribution is 0.177. The van der Waals surface area contributed by atoms with Crippen molar-refractivity contribution < 1.29 is 9.84 Å². The molecule has 4 heteroatoms. The molecule has 3 nitrogen and oxygen atoms in total. The van der Waals surface area contributed by atoms with Crippen LogP contribution in [0.5, 0.6) is 5.75 Å². The third-order valence-corrected chi connectivity index (χ3v) is 3.26. The van der Waals surface area contributed by atoms with Gasteiger partial charge in [-0.25, -0.2) is 0 Å². The fourth-order valence-corrected chi connectivity index (χ4v) is 1.81. The summed E-state index contributed by atoms with van der Waals surface area (Å²) in [4.78, 5) is 0. The zero-order valence-electron chi connectivity index (χ0n) is 9.17. The van der Waals surface area contributed by atoms with Crippen molar-refractivity contribution in [2.75, 3.05) is 20.7 Å². The van der Waals surface area contributed by atoms with E-state index in [-0.39, 0.29) is 0 Å². The minimum absolute atomic E-state index is 0.504. The van der Waals surface area contributed by atoms with Crippen molar-refractivity contribution in [2.45, 2.75) is 13.0 Å². The lowest BCUT2D eigenvalue weighted by atomic mass is 10.1. The van der Waals surface area contributed by atoms with Gasteiger partial charge < -0.3 is 15.2 Å². The summed E-state index contributed by atoms with van der Waals surface area (Å²) in [5.41, 5.74) is 1.92. The third-order valence-electron chi connectivity index (χ3n) is 2.25. The molecular weight excluding hydrogens is 258 g/mol. The molecule has 0 saturated carbocycles. The van der Waals surface area contributed by atoms with Crippen LogP contribution >= 0.6 is 15.9 Å². The number of aliphatic hydroxyl groups excluding tert-OH is 1. The maximum absolute atomic E-state index is 9.82. The number of likely N-dealkylation sites (N-methyl/N-ethyl adjacent to an activating group) is 1. The Morgan fingerprint density at radius 3 is 2.73 bits per heavy atom. The van der Waals surface area contributed by atoms with E-state index in [0.717, 1.165) is 21.3 Å². The van der Waals surface area contributed by atoms with Crippen LogP contribution in [-0.2, 0) is 0 Å². The molecule has 0 spiro atoms. The Morgan fingerprint density at radius 2 is 2.20 bits per heavy atom. The number of methoxy groups -OCH3 is 1. The maximum atomic E-state index is 9.82. The first-order chi connectivity index (χ1) is 7.10. The normalized spacial score (nSPS) is 12.6. The average molecular weight is 274 g/mol. The molecule has 0 aliphatic rings. The fourth-order valence-electron chi connectivity index (χ4n) is 1.42. The Balaban J connectivity index is 3.05. The van der Waals surface area contributed by atoms with Crippen LogP contribution in [-0.4, -0.2) is 25.8 Å². The predicted octanol–water partition coefficient (Wildman–Crippen LogP) is 2.02. The van der Waals surface area contributed by atoms with Crippen molar-refractivity contribution in [3.05, 3.63) is 27.7 Å². The van der Waals surface area contributed by atoms with Crippen LogP contribution in [0.3, 0.4) is 0 Å². The van der Waals surface area contributed by atoms with Crippen molar-refractivity contribution in [2.24, 2.45) is 0 Å². The van der Waals surface area contributed by atoms with E-state index in [1.165, 1.54) is 0 Å². The molecule has 1 atom stereocenters. The first-order valence-electron chi connectivity index (χ1n) is 4.76. The van der Waals surface area contributed by atoms with Crippen LogP contribution in [0.1, 0.15) is 17.2 Å². The molecule has 2 N–H and O–H groups in total. The molecule has 0 radical (unpaired) electrons. The van der Waals surface area contributed by atoms with Gasteiger partial charge in [0, 0.05) is 6.54 Å². The maximum Gasteiger partial charge on any atom is 0.133 e. The zero-order valence-corrected chi connectivity index (χ0v) is 10.8. The van der Waals surface area contributed by atoms with Crippen LogP contribution in [0.4, 0.5) is 0 Å². The molecule has 0 aliphatic heterocycles. The van der Waals surface area contributed by atoms with Gasteiger partial charge in [-0.3, -0.25) is 0 Å². The number of aliphatic hydroxyl groups is 1. The second-order valence-corrected chi connectivity index (χ2v) is 4.22. The molecule has 84 valence electrons. The van der Waals surface area contributed by atoms with Gasteiger partial charge in [-0.1, -0.05) is 6.07 Å². The molecule has 1 aromatic carbocycles. The van der Waals surface area contributed by atoms with E-state index in [9.17, 15) is 5.11 Å². The van der Waals surface area contributed by atoms with Gasteiger partial charge in [0.1, 0.15) is 5.75 Å². The van der Waals surface area contributed by atoms with E-state index in [1.807, 2.05) is 26.1 Å². The first-order valence-corrected chi connectivity index (χ1v) is 5.56. The van der Waals surface area contributed by atoms with Gasteiger partial charge in [0.2, 0.25) is 0 Å². The summed E-state index contributed by atoms with van der Waals surface area (Å²) in [6.45, 7) is 2.51. The Kier molecular flexibility index (Phi) is 4.57. The van der Waals surface area contributed by atoms with E-state index >= 15 is 0 Å². The second kappa shape index (κ2) is 5.49. The molecule has 0 saturated heterocycles. The lowest BCUT2D eigenvalue weighted by Gasteiger charge is -2.14. The number of ether oxygens (including phenoxy) is 1. The van der Waals surface area contributed by atoms with Crippen LogP contribution in [0.2, 0.25) is 0 Å². The van der Waals surface area contributed by atoms with Gasteiger partial charge in [-0.15, -0.1) is 0 Å². The molecule has 1 aromatic rings. The molecule has 1 unspecified atom stereocenters. The molecular formula is C11H16BrNO2. The summed E-state index contributed by atoms with van der Waals surface area (Å²) < 4.78 is 6.15. The molecule has 0 heterocycles. The summed E-state index contributed by atoms with van der Waals surface area (Å²) in [5.74, 6) is 0.750. The molecule has 0 fully saturated rings. The number of aryl methyl sites for hydroxylation is 1. The SMILES string of the molecule is CNCC(O)c1cc(C)c(Br)c(OC)c1. The van der Waals surface area contributed by atoms with Gasteiger partial charge in [0.05, 0.1) is 17.7 Å². The summed E-state index contributed by atoms with van der Waals surface area (Å²) in [6, 6.07) is 3.80. The van der Waals surface area contributed by atoms with Gasteiger partial charge in [-0.05, 0) is 47.1 Å². The zero-order chi connectivity index (χ0) is 11.4. The quantitative estimate of drug-likeness (QED) is 0.882. The second-order valence-electron chi connectivity index (χ2n) is 3.43. The van der Waals surface area contributed by atoms with Gasteiger partial charge >= 0.3 is 0 Å². The Hall–Kier alpha value is -0.580. The van der Waals surface area contributed by atoms with Crippen LogP contribution < -0.4 is 10.1 Å². The highest BCUT2D eigenvalue weighted by molar-refractivity contribution is 9.10. The minimum atomic E-state index is -0.504. The standard InChI is InChI=1S/C11H16BrNO2/c1-7-4-8(9(14)6-13-2)5-10(15-3)11(7)12/h4-5,9,13-14H,6H2,1-3H3. The van der Waals surface area contributed by atoms with E-state index in [4.69, 9.17) is 4.74 Å². The van der Waals surface area contributed by atoms with Crippen molar-refractivity contribution in [1.29, 1.82) is 0 Å². The molecule has 15 heavy (non-hydrogen) atoms. The lowest BCUT2D eigenvalue weighted by Crippen LogP contribution is -2.16. The Morgan fingerprint density at radius 1 is 1.53 bits per heavy atom. The number of rotatable bonds is 4. The van der Waals surface area contributed by atoms with E-state index in [2.05, 4.69) is 21.2 Å². The number of nitrogens with one attached hydrogen (secondary N) is 1. The number of halogens is 1. The van der Waals surface area contributed by atoms with Crippen LogP contribution in [0, 0.1) is 6.92 Å². The van der Waals surface area contributed by atoms with Crippen molar-refractivity contribution in [1.82, 2.24) is 5.32 Å². The Labute approximate surface area is 98.6 Å². The first kappa shape index (κ1) is 12.5. The van der Waals surface area contributed by atoms with Crippen molar-refractivity contribution in [3.63, 3.8) is 0 Å². The molecule has 0 aliphatic carbocycles. The molecule has 1 rings (SSSR count). The van der Waals surface area contributed by atoms with Gasteiger partial charge in [0.15, 0.2) is 0 Å². The van der Waals surface area contributed by atoms with E-state index in [1.54, 1.807) is 7.11 Å². The van der Waals surface area contributed by atoms with E-state index in [0.29, 0.717) is 6.54 Å². The monoisotopic (exact) mass is 273 g/mol. The topological polar surface area (TPSA) is 41.5 Å². The van der Waals surface area contributed by atoms with Gasteiger partial charge in [0.25, 0.3) is 0 Å². The number of benzene rings is 1. The summed E-state index contributed by atoms with van der Waals surface area (Å²) in [7, 11) is 3.43. The van der Waals surface area contributed by atoms with Crippen molar-refractivity contribution >= 4 is 15.9 Å². The minimum Gasteiger partial charge on any atom is -0.496 e. The van der Waals surface area contributed by atoms with Crippen LogP contribution in [0.15, 0.2) is 16.6 Å². The van der Waals surface area contributed by atoms with Gasteiger partial charge in [-0.2, -0.15) is 0 Å². The summed E-state index contributed by atoms with van der Waals surface area (Å²) >= 11 is 3.44. The average Bonchev–Trinajstić information content (AvgIpc) is 2.22. The molecule has 0 amide bonds. The predicted molar refractivity (Wildman–Crippen MR) is 64.3 cm³/mol. The third kappa shape index (κ3) is 2.93.